The van der Waals surface area contributed by atoms with Crippen molar-refractivity contribution < 1.29 is 0 Å². The van der Waals surface area contributed by atoms with Crippen molar-refractivity contribution in [1.82, 2.24) is 9.88 Å². The van der Waals surface area contributed by atoms with Crippen LogP contribution in [0.3, 0.4) is 0 Å². The molecule has 0 saturated heterocycles. The molecule has 1 aliphatic rings. The maximum Gasteiger partial charge on any atom is 0.0737 e. The van der Waals surface area contributed by atoms with Gasteiger partial charge in [0.25, 0.3) is 0 Å². The molecule has 4 heteroatoms. The van der Waals surface area contributed by atoms with Crippen molar-refractivity contribution in [3.05, 3.63) is 35.5 Å². The molecule has 0 radical (unpaired) electrons. The topological polar surface area (TPSA) is 28.2 Å². The number of benzene rings is 1. The number of hydrogen-bond acceptors (Lipinski definition) is 3. The van der Waals surface area contributed by atoms with Gasteiger partial charge < -0.3 is 5.32 Å². The van der Waals surface area contributed by atoms with E-state index in [1.165, 1.54) is 12.8 Å². The fraction of sp³-hybridized carbons (Fsp3) is 0.438. The zero-order chi connectivity index (χ0) is 13.9. The molecule has 1 aromatic carbocycles. The minimum Gasteiger partial charge on any atom is -0.383 e. The summed E-state index contributed by atoms with van der Waals surface area (Å²) >= 11 is 6.01. The Morgan fingerprint density at radius 2 is 2.20 bits per heavy atom. The van der Waals surface area contributed by atoms with Crippen molar-refractivity contribution in [3.8, 4) is 0 Å². The first kappa shape index (κ1) is 13.7. The van der Waals surface area contributed by atoms with Crippen molar-refractivity contribution in [2.75, 3.05) is 25.0 Å². The summed E-state index contributed by atoms with van der Waals surface area (Å²) in [6.07, 6.45) is 4.56. The molecule has 106 valence electrons. The molecule has 1 aromatic heterocycles. The minimum absolute atomic E-state index is 0.730. The Hall–Kier alpha value is -1.32. The predicted molar refractivity (Wildman–Crippen MR) is 85.5 cm³/mol. The average molecular weight is 290 g/mol. The molecule has 0 amide bonds. The Morgan fingerprint density at radius 1 is 1.35 bits per heavy atom. The van der Waals surface area contributed by atoms with Crippen LogP contribution in [0.25, 0.3) is 10.9 Å². The number of aromatic nitrogens is 1. The van der Waals surface area contributed by atoms with E-state index in [1.807, 2.05) is 30.5 Å². The van der Waals surface area contributed by atoms with Crippen molar-refractivity contribution in [2.45, 2.75) is 25.8 Å². The molecule has 1 N–H and O–H groups in total. The normalized spacial score (nSPS) is 14.9. The molecule has 1 heterocycles. The maximum absolute atomic E-state index is 6.01. The molecule has 0 bridgehead atoms. The molecule has 2 aromatic rings. The smallest absolute Gasteiger partial charge is 0.0737 e. The number of nitrogens with zero attached hydrogens (tertiary/aromatic N) is 2. The lowest BCUT2D eigenvalue weighted by Crippen LogP contribution is -2.30. The average Bonchev–Trinajstić information content (AvgIpc) is 3.28. The highest BCUT2D eigenvalue weighted by Crippen LogP contribution is 2.27. The molecule has 3 nitrogen and oxygen atoms in total. The van der Waals surface area contributed by atoms with Crippen molar-refractivity contribution in [2.24, 2.45) is 0 Å². The fourth-order valence-electron chi connectivity index (χ4n) is 2.65. The highest BCUT2D eigenvalue weighted by atomic mass is 35.5. The molecule has 0 aliphatic heterocycles. The van der Waals surface area contributed by atoms with E-state index in [0.717, 1.165) is 47.3 Å². The van der Waals surface area contributed by atoms with Gasteiger partial charge in [0.2, 0.25) is 0 Å². The Labute approximate surface area is 124 Å². The van der Waals surface area contributed by atoms with Crippen LogP contribution in [0.15, 0.2) is 30.5 Å². The Bertz CT molecular complexity index is 595. The number of halogens is 1. The summed E-state index contributed by atoms with van der Waals surface area (Å²) in [5.41, 5.74) is 2.08. The van der Waals surface area contributed by atoms with Gasteiger partial charge in [0.05, 0.1) is 5.52 Å². The van der Waals surface area contributed by atoms with Gasteiger partial charge in [-0.25, -0.2) is 0 Å². The van der Waals surface area contributed by atoms with Gasteiger partial charge in [0.15, 0.2) is 0 Å². The first-order chi connectivity index (χ1) is 9.78. The maximum atomic E-state index is 6.01. The summed E-state index contributed by atoms with van der Waals surface area (Å²) in [5.74, 6) is 0. The molecule has 1 aliphatic carbocycles. The number of anilines is 1. The van der Waals surface area contributed by atoms with Crippen LogP contribution in [-0.4, -0.2) is 35.6 Å². The molecule has 0 atom stereocenters. The Balaban J connectivity index is 1.67. The van der Waals surface area contributed by atoms with Gasteiger partial charge in [-0.1, -0.05) is 18.5 Å². The lowest BCUT2D eigenvalue weighted by molar-refractivity contribution is 0.289. The van der Waals surface area contributed by atoms with Crippen molar-refractivity contribution in [1.29, 1.82) is 0 Å². The quantitative estimate of drug-likeness (QED) is 0.877. The van der Waals surface area contributed by atoms with Crippen LogP contribution in [0, 0.1) is 0 Å². The summed E-state index contributed by atoms with van der Waals surface area (Å²) < 4.78 is 0. The Morgan fingerprint density at radius 3 is 2.95 bits per heavy atom. The third-order valence-corrected chi connectivity index (χ3v) is 4.12. The first-order valence-electron chi connectivity index (χ1n) is 7.30. The van der Waals surface area contributed by atoms with E-state index in [2.05, 4.69) is 22.1 Å². The predicted octanol–water partition coefficient (Wildman–Crippen LogP) is 3.78. The number of fused-ring (bicyclic) bond motifs is 1. The summed E-state index contributed by atoms with van der Waals surface area (Å²) in [6.45, 7) is 5.44. The van der Waals surface area contributed by atoms with E-state index < -0.39 is 0 Å². The molecular formula is C16H20ClN3. The molecule has 1 saturated carbocycles. The van der Waals surface area contributed by atoms with Crippen LogP contribution in [0.4, 0.5) is 5.69 Å². The van der Waals surface area contributed by atoms with Gasteiger partial charge in [-0.3, -0.25) is 9.88 Å². The number of nitrogens with one attached hydrogen (secondary N) is 1. The SMILES string of the molecule is CCN(CCNc1ccnc2cc(Cl)ccc12)C1CC1. The summed E-state index contributed by atoms with van der Waals surface area (Å²) in [5, 5.41) is 5.39. The number of pyridine rings is 1. The van der Waals surface area contributed by atoms with E-state index in [0.29, 0.717) is 0 Å². The molecular weight excluding hydrogens is 270 g/mol. The van der Waals surface area contributed by atoms with E-state index >= 15 is 0 Å². The summed E-state index contributed by atoms with van der Waals surface area (Å²) in [6, 6.07) is 8.72. The molecule has 3 rings (SSSR count). The van der Waals surface area contributed by atoms with Crippen LogP contribution in [0.5, 0.6) is 0 Å². The number of likely N-dealkylation sites (N-methyl/N-ethyl adjacent to an activating group) is 1. The lowest BCUT2D eigenvalue weighted by Gasteiger charge is -2.20. The number of rotatable bonds is 6. The highest BCUT2D eigenvalue weighted by Gasteiger charge is 2.27. The third-order valence-electron chi connectivity index (χ3n) is 3.89. The molecule has 1 fully saturated rings. The van der Waals surface area contributed by atoms with E-state index in [9.17, 15) is 0 Å². The van der Waals surface area contributed by atoms with E-state index in [-0.39, 0.29) is 0 Å². The monoisotopic (exact) mass is 289 g/mol. The standard InChI is InChI=1S/C16H20ClN3/c1-2-20(13-4-5-13)10-9-19-15-7-8-18-16-11-12(17)3-6-14(15)16/h3,6-8,11,13H,2,4-5,9-10H2,1H3,(H,18,19). The zero-order valence-corrected chi connectivity index (χ0v) is 12.5. The molecule has 20 heavy (non-hydrogen) atoms. The van der Waals surface area contributed by atoms with Gasteiger partial charge in [-0.2, -0.15) is 0 Å². The first-order valence-corrected chi connectivity index (χ1v) is 7.68. The Kier molecular flexibility index (Phi) is 4.08. The highest BCUT2D eigenvalue weighted by molar-refractivity contribution is 6.31. The fourth-order valence-corrected chi connectivity index (χ4v) is 2.81. The number of hydrogen-bond donors (Lipinski definition) is 1. The second kappa shape index (κ2) is 5.98. The zero-order valence-electron chi connectivity index (χ0n) is 11.8. The van der Waals surface area contributed by atoms with Gasteiger partial charge in [-0.05, 0) is 43.7 Å². The van der Waals surface area contributed by atoms with Crippen molar-refractivity contribution >= 4 is 28.2 Å². The van der Waals surface area contributed by atoms with Gasteiger partial charge >= 0.3 is 0 Å². The third kappa shape index (κ3) is 3.05. The van der Waals surface area contributed by atoms with Crippen LogP contribution in [0.2, 0.25) is 5.02 Å². The van der Waals surface area contributed by atoms with Crippen LogP contribution < -0.4 is 5.32 Å². The van der Waals surface area contributed by atoms with E-state index in [4.69, 9.17) is 11.6 Å². The minimum atomic E-state index is 0.730. The van der Waals surface area contributed by atoms with Gasteiger partial charge in [-0.15, -0.1) is 0 Å². The molecule has 0 spiro atoms. The van der Waals surface area contributed by atoms with Crippen molar-refractivity contribution in [3.63, 3.8) is 0 Å². The summed E-state index contributed by atoms with van der Waals surface area (Å²) in [4.78, 5) is 6.91. The van der Waals surface area contributed by atoms with Crippen LogP contribution in [-0.2, 0) is 0 Å². The largest absolute Gasteiger partial charge is 0.383 e. The summed E-state index contributed by atoms with van der Waals surface area (Å²) in [7, 11) is 0. The van der Waals surface area contributed by atoms with Crippen LogP contribution in [0.1, 0.15) is 19.8 Å². The second-order valence-corrected chi connectivity index (χ2v) is 5.74. The van der Waals surface area contributed by atoms with Gasteiger partial charge in [0.1, 0.15) is 0 Å². The second-order valence-electron chi connectivity index (χ2n) is 5.31. The van der Waals surface area contributed by atoms with Crippen LogP contribution >= 0.6 is 11.6 Å². The molecule has 0 unspecified atom stereocenters. The van der Waals surface area contributed by atoms with E-state index in [1.54, 1.807) is 0 Å². The lowest BCUT2D eigenvalue weighted by atomic mass is 10.2. The van der Waals surface area contributed by atoms with Gasteiger partial charge in [0, 0.05) is 41.4 Å².